The number of sulfonamides is 1. The lowest BCUT2D eigenvalue weighted by Crippen LogP contribution is -2.32. The zero-order chi connectivity index (χ0) is 30.5. The minimum Gasteiger partial charge on any atom is -0.356 e. The van der Waals surface area contributed by atoms with E-state index in [2.05, 4.69) is 21.9 Å². The van der Waals surface area contributed by atoms with E-state index in [0.717, 1.165) is 17.5 Å². The van der Waals surface area contributed by atoms with Crippen molar-refractivity contribution in [2.24, 2.45) is 11.8 Å². The van der Waals surface area contributed by atoms with Gasteiger partial charge in [-0.15, -0.1) is 0 Å². The van der Waals surface area contributed by atoms with Crippen molar-refractivity contribution in [2.45, 2.75) is 37.9 Å². The number of carbonyl (C=O) groups excluding carboxylic acids is 3. The van der Waals surface area contributed by atoms with E-state index >= 15 is 0 Å². The van der Waals surface area contributed by atoms with Gasteiger partial charge in [-0.1, -0.05) is 30.8 Å². The number of halogens is 3. The number of alkyl halides is 3. The van der Waals surface area contributed by atoms with Crippen LogP contribution in [0.3, 0.4) is 0 Å². The molecule has 0 radical (unpaired) electrons. The van der Waals surface area contributed by atoms with Gasteiger partial charge in [0.15, 0.2) is 0 Å². The molecule has 2 heterocycles. The van der Waals surface area contributed by atoms with Crippen LogP contribution in [0.4, 0.5) is 13.2 Å². The molecule has 0 aliphatic carbocycles. The maximum absolute atomic E-state index is 13.3. The van der Waals surface area contributed by atoms with Crippen molar-refractivity contribution in [1.29, 1.82) is 0 Å². The number of rotatable bonds is 11. The molecule has 3 N–H and O–H groups in total. The highest BCUT2D eigenvalue weighted by molar-refractivity contribution is 7.92. The predicted octanol–water partition coefficient (Wildman–Crippen LogP) is 3.16. The predicted molar refractivity (Wildman–Crippen MR) is 149 cm³/mol. The Morgan fingerprint density at radius 3 is 2.38 bits per heavy atom. The Morgan fingerprint density at radius 1 is 1.10 bits per heavy atom. The number of likely N-dealkylation sites (tertiary alicyclic amines) is 1. The van der Waals surface area contributed by atoms with Gasteiger partial charge in [-0.3, -0.25) is 14.4 Å². The number of hydrogen-bond acceptors (Lipinski definition) is 5. The Labute approximate surface area is 242 Å². The van der Waals surface area contributed by atoms with Gasteiger partial charge in [0.1, 0.15) is 0 Å². The summed E-state index contributed by atoms with van der Waals surface area (Å²) in [6.07, 6.45) is -3.13. The van der Waals surface area contributed by atoms with Gasteiger partial charge in [0.25, 0.3) is 5.91 Å². The molecule has 2 unspecified atom stereocenters. The zero-order valence-corrected chi connectivity index (χ0v) is 23.6. The average molecular weight is 607 g/mol. The minimum absolute atomic E-state index is 0.0246. The molecule has 0 bridgehead atoms. The molecule has 2 fully saturated rings. The minimum atomic E-state index is -4.45. The summed E-state index contributed by atoms with van der Waals surface area (Å²) >= 11 is 0. The molecular weight excluding hydrogens is 573 g/mol. The van der Waals surface area contributed by atoms with E-state index in [-0.39, 0.29) is 42.6 Å². The van der Waals surface area contributed by atoms with Crippen LogP contribution in [0.1, 0.15) is 52.2 Å². The van der Waals surface area contributed by atoms with E-state index in [1.807, 2.05) is 0 Å². The van der Waals surface area contributed by atoms with Crippen LogP contribution in [0.5, 0.6) is 0 Å². The Hall–Kier alpha value is -3.71. The van der Waals surface area contributed by atoms with Gasteiger partial charge in [0.05, 0.1) is 11.5 Å². The quantitative estimate of drug-likeness (QED) is 0.363. The summed E-state index contributed by atoms with van der Waals surface area (Å²) in [6, 6.07) is 11.2. The molecule has 0 saturated carbocycles. The summed E-state index contributed by atoms with van der Waals surface area (Å²) in [5, 5.41) is 6.41. The largest absolute Gasteiger partial charge is 0.416 e. The Morgan fingerprint density at radius 2 is 1.79 bits per heavy atom. The van der Waals surface area contributed by atoms with Crippen molar-refractivity contribution in [3.63, 3.8) is 0 Å². The number of benzene rings is 2. The molecule has 0 aromatic heterocycles. The molecule has 3 amide bonds. The molecule has 3 atom stereocenters. The van der Waals surface area contributed by atoms with Crippen molar-refractivity contribution < 1.29 is 36.0 Å². The normalized spacial score (nSPS) is 19.8. The van der Waals surface area contributed by atoms with Crippen molar-refractivity contribution in [3.8, 4) is 0 Å². The summed E-state index contributed by atoms with van der Waals surface area (Å²) < 4.78 is 64.3. The van der Waals surface area contributed by atoms with Gasteiger partial charge in [0, 0.05) is 50.1 Å². The smallest absolute Gasteiger partial charge is 0.356 e. The van der Waals surface area contributed by atoms with E-state index < -0.39 is 27.7 Å². The molecule has 4 rings (SSSR count). The van der Waals surface area contributed by atoms with Gasteiger partial charge in [0.2, 0.25) is 21.8 Å². The maximum atomic E-state index is 13.3. The average Bonchev–Trinajstić information content (AvgIpc) is 3.62. The highest BCUT2D eigenvalue weighted by Crippen LogP contribution is 2.30. The first-order valence-corrected chi connectivity index (χ1v) is 15.1. The fraction of sp³-hybridized carbons (Fsp3) is 0.414. The first-order valence-electron chi connectivity index (χ1n) is 13.6. The molecule has 2 saturated heterocycles. The zero-order valence-electron chi connectivity index (χ0n) is 22.8. The summed E-state index contributed by atoms with van der Waals surface area (Å²) in [6.45, 7) is 4.83. The van der Waals surface area contributed by atoms with Crippen LogP contribution >= 0.6 is 0 Å². The van der Waals surface area contributed by atoms with Crippen LogP contribution in [0.25, 0.3) is 0 Å². The number of nitrogens with one attached hydrogen (secondary N) is 3. The number of carbonyl (C=O) groups is 3. The third kappa shape index (κ3) is 8.19. The van der Waals surface area contributed by atoms with E-state index in [1.54, 1.807) is 29.2 Å². The monoisotopic (exact) mass is 606 g/mol. The summed E-state index contributed by atoms with van der Waals surface area (Å²) in [5.74, 6) is -1.37. The molecule has 9 nitrogen and oxygen atoms in total. The standard InChI is InChI=1S/C29H33F3N4O5S/c1-2-42(40,41)35-17-20-11-12-36(18-20)28(39)23-7-5-22(6-8-23)25(13-21-14-26(37)33-16-21)27(38)34-15-19-3-9-24(10-4-19)29(30,31)32/h2-10,20-21,25,35H,1,11-18H2,(H,33,37)(H,34,38)/t20-,21?,25?/m1/s1. The highest BCUT2D eigenvalue weighted by atomic mass is 32.2. The van der Waals surface area contributed by atoms with Gasteiger partial charge >= 0.3 is 6.18 Å². The van der Waals surface area contributed by atoms with E-state index in [0.29, 0.717) is 55.6 Å². The maximum Gasteiger partial charge on any atom is 0.416 e. The molecule has 2 aromatic rings. The summed E-state index contributed by atoms with van der Waals surface area (Å²) in [4.78, 5) is 39.8. The Balaban J connectivity index is 1.41. The molecule has 42 heavy (non-hydrogen) atoms. The lowest BCUT2D eigenvalue weighted by molar-refractivity contribution is -0.137. The van der Waals surface area contributed by atoms with E-state index in [9.17, 15) is 36.0 Å². The van der Waals surface area contributed by atoms with Gasteiger partial charge in [-0.25, -0.2) is 13.1 Å². The molecule has 13 heteroatoms. The van der Waals surface area contributed by atoms with Crippen LogP contribution in [-0.4, -0.2) is 57.2 Å². The van der Waals surface area contributed by atoms with Gasteiger partial charge < -0.3 is 15.5 Å². The second kappa shape index (κ2) is 13.1. The summed E-state index contributed by atoms with van der Waals surface area (Å²) in [5.41, 5.74) is 0.807. The van der Waals surface area contributed by atoms with Crippen molar-refractivity contribution in [1.82, 2.24) is 20.3 Å². The third-order valence-electron chi connectivity index (χ3n) is 7.62. The highest BCUT2D eigenvalue weighted by Gasteiger charge is 2.32. The number of hydrogen-bond donors (Lipinski definition) is 3. The molecule has 2 aromatic carbocycles. The fourth-order valence-corrected chi connectivity index (χ4v) is 5.79. The molecule has 226 valence electrons. The van der Waals surface area contributed by atoms with Gasteiger partial charge in [-0.2, -0.15) is 13.2 Å². The Kier molecular flexibility index (Phi) is 9.72. The second-order valence-corrected chi connectivity index (χ2v) is 12.4. The van der Waals surface area contributed by atoms with Crippen LogP contribution < -0.4 is 15.4 Å². The Bertz CT molecular complexity index is 1410. The molecule has 2 aliphatic heterocycles. The SMILES string of the molecule is C=CS(=O)(=O)NC[C@H]1CCN(C(=O)c2ccc(C(CC3CNC(=O)C3)C(=O)NCc3ccc(C(F)(F)F)cc3)cc2)C1. The van der Waals surface area contributed by atoms with Crippen molar-refractivity contribution >= 4 is 27.7 Å². The van der Waals surface area contributed by atoms with Crippen LogP contribution in [0.15, 0.2) is 60.5 Å². The topological polar surface area (TPSA) is 125 Å². The third-order valence-corrected chi connectivity index (χ3v) is 8.63. The van der Waals surface area contributed by atoms with Crippen LogP contribution in [0, 0.1) is 11.8 Å². The molecular formula is C29H33F3N4O5S. The first-order chi connectivity index (χ1) is 19.8. The van der Waals surface area contributed by atoms with Crippen LogP contribution in [0.2, 0.25) is 0 Å². The lowest BCUT2D eigenvalue weighted by atomic mass is 9.87. The molecule has 0 spiro atoms. The van der Waals surface area contributed by atoms with Crippen molar-refractivity contribution in [2.75, 3.05) is 26.2 Å². The van der Waals surface area contributed by atoms with Crippen molar-refractivity contribution in [3.05, 3.63) is 82.8 Å². The second-order valence-electron chi connectivity index (χ2n) is 10.7. The number of amides is 3. The van der Waals surface area contributed by atoms with E-state index in [1.165, 1.54) is 12.1 Å². The summed E-state index contributed by atoms with van der Waals surface area (Å²) in [7, 11) is -3.54. The first kappa shape index (κ1) is 31.2. The van der Waals surface area contributed by atoms with Crippen LogP contribution in [-0.2, 0) is 32.3 Å². The molecule has 2 aliphatic rings. The fourth-order valence-electron chi connectivity index (χ4n) is 5.20. The lowest BCUT2D eigenvalue weighted by Gasteiger charge is -2.21. The van der Waals surface area contributed by atoms with E-state index in [4.69, 9.17) is 0 Å². The number of nitrogens with zero attached hydrogens (tertiary/aromatic N) is 1. The van der Waals surface area contributed by atoms with Gasteiger partial charge in [-0.05, 0) is 60.1 Å².